The van der Waals surface area contributed by atoms with Gasteiger partial charge < -0.3 is 25.3 Å². The van der Waals surface area contributed by atoms with Gasteiger partial charge in [-0.05, 0) is 56.3 Å². The number of nitrogen functional groups attached to an aromatic ring is 1. The lowest BCUT2D eigenvalue weighted by atomic mass is 9.99. The van der Waals surface area contributed by atoms with Crippen LogP contribution in [0.4, 0.5) is 5.82 Å². The summed E-state index contributed by atoms with van der Waals surface area (Å²) in [6.07, 6.45) is 3.31. The van der Waals surface area contributed by atoms with E-state index in [-0.39, 0.29) is 12.0 Å². The quantitative estimate of drug-likeness (QED) is 0.217. The van der Waals surface area contributed by atoms with Crippen LogP contribution in [0.5, 0.6) is 0 Å². The molecule has 3 aromatic carbocycles. The topological polar surface area (TPSA) is 98.3 Å². The minimum absolute atomic E-state index is 0.0834. The summed E-state index contributed by atoms with van der Waals surface area (Å²) < 4.78 is 8.41. The van der Waals surface area contributed by atoms with Crippen molar-refractivity contribution in [1.82, 2.24) is 24.8 Å². The van der Waals surface area contributed by atoms with Crippen molar-refractivity contribution in [2.75, 3.05) is 39.5 Å². The Kier molecular flexibility index (Phi) is 8.68. The molecule has 0 aliphatic carbocycles. The van der Waals surface area contributed by atoms with Crippen LogP contribution in [0.2, 0.25) is 0 Å². The fourth-order valence-corrected chi connectivity index (χ4v) is 4.90. The number of aromatic nitrogens is 3. The van der Waals surface area contributed by atoms with Crippen LogP contribution in [0.3, 0.4) is 0 Å². The molecule has 206 valence electrons. The summed E-state index contributed by atoms with van der Waals surface area (Å²) in [4.78, 5) is 24.1. The van der Waals surface area contributed by atoms with Gasteiger partial charge in [-0.25, -0.2) is 9.97 Å². The largest absolute Gasteiger partial charge is 0.382 e. The molecule has 2 heterocycles. The Bertz CT molecular complexity index is 1580. The van der Waals surface area contributed by atoms with Crippen LogP contribution in [-0.2, 0) is 11.3 Å². The molecule has 8 heteroatoms. The van der Waals surface area contributed by atoms with Gasteiger partial charge in [-0.3, -0.25) is 4.79 Å². The first-order chi connectivity index (χ1) is 19.5. The molecule has 0 aliphatic rings. The number of carbonyl (C=O) groups is 1. The number of fused-ring (bicyclic) bond motifs is 3. The lowest BCUT2D eigenvalue weighted by Crippen LogP contribution is -2.25. The summed E-state index contributed by atoms with van der Waals surface area (Å²) in [5, 5.41) is 4.12. The molecule has 0 fully saturated rings. The summed E-state index contributed by atoms with van der Waals surface area (Å²) in [6.45, 7) is 2.77. The lowest BCUT2D eigenvalue weighted by Gasteiger charge is -2.21. The summed E-state index contributed by atoms with van der Waals surface area (Å²) in [7, 11) is 4.05. The van der Waals surface area contributed by atoms with Crippen molar-refractivity contribution in [3.8, 4) is 0 Å². The molecule has 0 bridgehead atoms. The number of nitrogens with one attached hydrogen (secondary N) is 1. The van der Waals surface area contributed by atoms with E-state index < -0.39 is 0 Å². The third kappa shape index (κ3) is 6.30. The lowest BCUT2D eigenvalue weighted by molar-refractivity contribution is 0.0686. The maximum absolute atomic E-state index is 13.0. The van der Waals surface area contributed by atoms with Crippen molar-refractivity contribution in [1.29, 1.82) is 0 Å². The van der Waals surface area contributed by atoms with E-state index in [4.69, 9.17) is 10.5 Å². The molecule has 5 aromatic rings. The molecule has 5 rings (SSSR count). The monoisotopic (exact) mass is 536 g/mol. The van der Waals surface area contributed by atoms with Gasteiger partial charge >= 0.3 is 0 Å². The highest BCUT2D eigenvalue weighted by molar-refractivity contribution is 6.06. The highest BCUT2D eigenvalue weighted by Crippen LogP contribution is 2.28. The van der Waals surface area contributed by atoms with Crippen molar-refractivity contribution in [3.05, 3.63) is 102 Å². The van der Waals surface area contributed by atoms with Crippen LogP contribution in [-0.4, -0.2) is 59.1 Å². The first-order valence-electron chi connectivity index (χ1n) is 13.7. The SMILES string of the molecule is CN(C)CCOC(c1ccccc1)c1cccc(C(=O)NCCCCn2cnc3c(N)nc4ccccc4c32)c1. The van der Waals surface area contributed by atoms with Crippen molar-refractivity contribution >= 4 is 33.7 Å². The predicted octanol–water partition coefficient (Wildman–Crippen LogP) is 5.04. The van der Waals surface area contributed by atoms with Gasteiger partial charge in [-0.1, -0.05) is 60.7 Å². The first-order valence-corrected chi connectivity index (χ1v) is 13.7. The number of para-hydroxylation sites is 1. The van der Waals surface area contributed by atoms with Gasteiger partial charge in [-0.2, -0.15) is 0 Å². The molecular weight excluding hydrogens is 500 g/mol. The number of likely N-dealkylation sites (N-methyl/N-ethyl adjacent to an activating group) is 1. The van der Waals surface area contributed by atoms with E-state index in [1.165, 1.54) is 0 Å². The summed E-state index contributed by atoms with van der Waals surface area (Å²) in [5.74, 6) is 0.361. The first kappa shape index (κ1) is 27.3. The number of anilines is 1. The third-order valence-electron chi connectivity index (χ3n) is 6.97. The van der Waals surface area contributed by atoms with Crippen molar-refractivity contribution < 1.29 is 9.53 Å². The van der Waals surface area contributed by atoms with Crippen LogP contribution in [0, 0.1) is 0 Å². The number of ether oxygens (including phenoxy) is 1. The van der Waals surface area contributed by atoms with Crippen LogP contribution in [0.25, 0.3) is 21.9 Å². The second-order valence-electron chi connectivity index (χ2n) is 10.2. The fourth-order valence-electron chi connectivity index (χ4n) is 4.90. The molecule has 2 aromatic heterocycles. The highest BCUT2D eigenvalue weighted by atomic mass is 16.5. The average molecular weight is 537 g/mol. The van der Waals surface area contributed by atoms with E-state index in [9.17, 15) is 4.79 Å². The summed E-state index contributed by atoms with van der Waals surface area (Å²) in [6, 6.07) is 25.8. The minimum atomic E-state index is -0.237. The molecule has 1 unspecified atom stereocenters. The van der Waals surface area contributed by atoms with Crippen LogP contribution in [0.15, 0.2) is 85.2 Å². The molecule has 1 atom stereocenters. The van der Waals surface area contributed by atoms with Crippen molar-refractivity contribution in [3.63, 3.8) is 0 Å². The molecule has 0 spiro atoms. The Balaban J connectivity index is 1.19. The zero-order chi connectivity index (χ0) is 27.9. The second-order valence-corrected chi connectivity index (χ2v) is 10.2. The van der Waals surface area contributed by atoms with E-state index in [2.05, 4.69) is 36.9 Å². The van der Waals surface area contributed by atoms with E-state index in [0.717, 1.165) is 59.0 Å². The number of rotatable bonds is 12. The number of benzene rings is 3. The van der Waals surface area contributed by atoms with Crippen LogP contribution in [0.1, 0.15) is 40.4 Å². The number of imidazole rings is 1. The maximum Gasteiger partial charge on any atom is 0.251 e. The zero-order valence-electron chi connectivity index (χ0n) is 23.1. The van der Waals surface area contributed by atoms with Crippen molar-refractivity contribution in [2.45, 2.75) is 25.5 Å². The van der Waals surface area contributed by atoms with Gasteiger partial charge in [0.1, 0.15) is 11.6 Å². The fraction of sp³-hybridized carbons (Fsp3) is 0.281. The number of hydrogen-bond acceptors (Lipinski definition) is 6. The molecule has 0 radical (unpaired) electrons. The molecule has 1 amide bonds. The minimum Gasteiger partial charge on any atom is -0.382 e. The van der Waals surface area contributed by atoms with Crippen LogP contribution < -0.4 is 11.1 Å². The maximum atomic E-state index is 13.0. The predicted molar refractivity (Wildman–Crippen MR) is 160 cm³/mol. The number of unbranched alkanes of at least 4 members (excludes halogenated alkanes) is 1. The van der Waals surface area contributed by atoms with E-state index in [0.29, 0.717) is 24.5 Å². The summed E-state index contributed by atoms with van der Waals surface area (Å²) >= 11 is 0. The van der Waals surface area contributed by atoms with Gasteiger partial charge in [0.2, 0.25) is 0 Å². The number of pyridine rings is 1. The number of carbonyl (C=O) groups excluding carboxylic acids is 1. The molecule has 0 aliphatic heterocycles. The van der Waals surface area contributed by atoms with Crippen molar-refractivity contribution in [2.24, 2.45) is 0 Å². The Hall–Kier alpha value is -4.27. The van der Waals surface area contributed by atoms with E-state index in [1.807, 2.05) is 87.2 Å². The van der Waals surface area contributed by atoms with E-state index >= 15 is 0 Å². The van der Waals surface area contributed by atoms with Gasteiger partial charge in [-0.15, -0.1) is 0 Å². The Morgan fingerprint density at radius 3 is 2.60 bits per heavy atom. The number of hydrogen-bond donors (Lipinski definition) is 2. The van der Waals surface area contributed by atoms with E-state index in [1.54, 1.807) is 0 Å². The Morgan fingerprint density at radius 1 is 1.00 bits per heavy atom. The molecule has 8 nitrogen and oxygen atoms in total. The number of aryl methyl sites for hydroxylation is 1. The zero-order valence-corrected chi connectivity index (χ0v) is 23.1. The smallest absolute Gasteiger partial charge is 0.251 e. The third-order valence-corrected chi connectivity index (χ3v) is 6.97. The highest BCUT2D eigenvalue weighted by Gasteiger charge is 2.17. The van der Waals surface area contributed by atoms with Gasteiger partial charge in [0.15, 0.2) is 5.82 Å². The molecule has 40 heavy (non-hydrogen) atoms. The van der Waals surface area contributed by atoms with Gasteiger partial charge in [0.25, 0.3) is 5.91 Å². The van der Waals surface area contributed by atoms with Gasteiger partial charge in [0.05, 0.1) is 24.0 Å². The molecule has 3 N–H and O–H groups in total. The average Bonchev–Trinajstić information content (AvgIpc) is 3.40. The number of nitrogens with two attached hydrogens (primary N) is 1. The molecular formula is C32H36N6O2. The number of amides is 1. The molecule has 0 saturated carbocycles. The van der Waals surface area contributed by atoms with Crippen LogP contribution >= 0.6 is 0 Å². The Morgan fingerprint density at radius 2 is 1.77 bits per heavy atom. The Labute approximate surface area is 234 Å². The summed E-state index contributed by atoms with van der Waals surface area (Å²) in [5.41, 5.74) is 11.4. The number of nitrogens with zero attached hydrogens (tertiary/aromatic N) is 4. The van der Waals surface area contributed by atoms with Gasteiger partial charge in [0, 0.05) is 30.6 Å². The second kappa shape index (κ2) is 12.7. The normalized spacial score (nSPS) is 12.3. The molecule has 0 saturated heterocycles. The standard InChI is InChI=1S/C32H36N6O2/c1-37(2)19-20-40-30(23-11-4-3-5-12-23)24-13-10-14-25(21-24)32(39)34-17-8-9-18-38-22-35-28-29(38)26-15-6-7-16-27(26)36-31(28)33/h3-7,10-16,21-22,30H,8-9,17-20H2,1-2H3,(H2,33,36)(H,34,39).